The van der Waals surface area contributed by atoms with E-state index in [2.05, 4.69) is 29.1 Å². The Morgan fingerprint density at radius 3 is 2.48 bits per heavy atom. The van der Waals surface area contributed by atoms with Crippen molar-refractivity contribution in [3.8, 4) is 11.6 Å². The van der Waals surface area contributed by atoms with E-state index in [4.69, 9.17) is 16.3 Å². The number of rotatable bonds is 5. The summed E-state index contributed by atoms with van der Waals surface area (Å²) < 4.78 is 5.88. The van der Waals surface area contributed by atoms with Crippen LogP contribution in [-0.2, 0) is 6.54 Å². The molecule has 0 aliphatic heterocycles. The molecule has 21 heavy (non-hydrogen) atoms. The number of nitrogens with one attached hydrogen (secondary N) is 1. The van der Waals surface area contributed by atoms with Crippen LogP contribution in [0, 0.1) is 13.8 Å². The number of hydrogen-bond donors (Lipinski definition) is 1. The van der Waals surface area contributed by atoms with E-state index in [9.17, 15) is 0 Å². The lowest BCUT2D eigenvalue weighted by molar-refractivity contribution is 0.448. The van der Waals surface area contributed by atoms with Gasteiger partial charge in [-0.1, -0.05) is 25.4 Å². The van der Waals surface area contributed by atoms with Gasteiger partial charge < -0.3 is 10.1 Å². The van der Waals surface area contributed by atoms with Gasteiger partial charge in [-0.05, 0) is 37.1 Å². The van der Waals surface area contributed by atoms with E-state index >= 15 is 0 Å². The molecule has 0 unspecified atom stereocenters. The molecule has 0 radical (unpaired) electrons. The summed E-state index contributed by atoms with van der Waals surface area (Å²) >= 11 is 6.03. The molecule has 0 amide bonds. The van der Waals surface area contributed by atoms with Crippen LogP contribution in [0.25, 0.3) is 0 Å². The summed E-state index contributed by atoms with van der Waals surface area (Å²) in [6.45, 7) is 8.78. The third kappa shape index (κ3) is 4.41. The van der Waals surface area contributed by atoms with Gasteiger partial charge in [-0.25, -0.2) is 4.98 Å². The Bertz CT molecular complexity index is 606. The van der Waals surface area contributed by atoms with Crippen LogP contribution in [0.15, 0.2) is 24.5 Å². The molecule has 0 aliphatic carbocycles. The summed E-state index contributed by atoms with van der Waals surface area (Å²) in [5, 5.41) is 4.01. The normalized spacial score (nSPS) is 11.0. The number of ether oxygens (including phenoxy) is 1. The van der Waals surface area contributed by atoms with Gasteiger partial charge in [0.2, 0.25) is 5.88 Å². The molecular weight excluding hydrogens is 286 g/mol. The summed E-state index contributed by atoms with van der Waals surface area (Å²) in [7, 11) is 0. The molecule has 2 aromatic rings. The molecule has 1 aromatic carbocycles. The first-order valence-corrected chi connectivity index (χ1v) is 7.32. The summed E-state index contributed by atoms with van der Waals surface area (Å²) in [5.41, 5.74) is 2.81. The molecule has 0 bridgehead atoms. The number of nitrogens with zero attached hydrogens (tertiary/aromatic N) is 2. The topological polar surface area (TPSA) is 47.0 Å². The summed E-state index contributed by atoms with van der Waals surface area (Å²) in [4.78, 5) is 8.65. The average Bonchev–Trinajstić information content (AvgIpc) is 2.41. The van der Waals surface area contributed by atoms with Crippen molar-refractivity contribution in [3.05, 3.63) is 46.4 Å². The minimum atomic E-state index is 0.400. The van der Waals surface area contributed by atoms with Gasteiger partial charge in [-0.15, -0.1) is 0 Å². The molecule has 112 valence electrons. The first-order valence-electron chi connectivity index (χ1n) is 6.94. The second-order valence-electron chi connectivity index (χ2n) is 5.36. The lowest BCUT2D eigenvalue weighted by atomic mass is 10.1. The second kappa shape index (κ2) is 6.87. The molecular formula is C16H20ClN3O. The maximum absolute atomic E-state index is 6.03. The van der Waals surface area contributed by atoms with Crippen LogP contribution in [0.5, 0.6) is 11.6 Å². The van der Waals surface area contributed by atoms with E-state index in [1.54, 1.807) is 12.4 Å². The predicted molar refractivity (Wildman–Crippen MR) is 85.0 cm³/mol. The zero-order valence-electron chi connectivity index (χ0n) is 12.8. The van der Waals surface area contributed by atoms with E-state index in [0.717, 1.165) is 22.6 Å². The minimum Gasteiger partial charge on any atom is -0.437 e. The van der Waals surface area contributed by atoms with Crippen LogP contribution in [0.1, 0.15) is 30.7 Å². The molecule has 2 rings (SSSR count). The zero-order chi connectivity index (χ0) is 15.4. The Labute approximate surface area is 130 Å². The van der Waals surface area contributed by atoms with E-state index in [-0.39, 0.29) is 0 Å². The number of hydrogen-bond acceptors (Lipinski definition) is 4. The van der Waals surface area contributed by atoms with E-state index in [0.29, 0.717) is 23.5 Å². The maximum Gasteiger partial charge on any atom is 0.238 e. The highest BCUT2D eigenvalue weighted by molar-refractivity contribution is 6.30. The SMILES string of the molecule is Cc1cc(Cl)cc(C)c1Oc1cncc(CNC(C)C)n1. The van der Waals surface area contributed by atoms with Crippen molar-refractivity contribution < 1.29 is 4.74 Å². The van der Waals surface area contributed by atoms with Crippen molar-refractivity contribution in [3.63, 3.8) is 0 Å². The Morgan fingerprint density at radius 2 is 1.86 bits per heavy atom. The van der Waals surface area contributed by atoms with Gasteiger partial charge in [0.1, 0.15) is 5.75 Å². The summed E-state index contributed by atoms with van der Waals surface area (Å²) in [6.07, 6.45) is 3.36. The molecule has 0 saturated heterocycles. The van der Waals surface area contributed by atoms with Gasteiger partial charge in [0, 0.05) is 23.8 Å². The molecule has 1 N–H and O–H groups in total. The highest BCUT2D eigenvalue weighted by atomic mass is 35.5. The van der Waals surface area contributed by atoms with Crippen molar-refractivity contribution in [2.45, 2.75) is 40.3 Å². The molecule has 0 spiro atoms. The molecule has 0 aliphatic rings. The van der Waals surface area contributed by atoms with Crippen molar-refractivity contribution >= 4 is 11.6 Å². The van der Waals surface area contributed by atoms with Gasteiger partial charge in [0.15, 0.2) is 0 Å². The van der Waals surface area contributed by atoms with E-state index < -0.39 is 0 Å². The van der Waals surface area contributed by atoms with Gasteiger partial charge in [0.05, 0.1) is 11.9 Å². The summed E-state index contributed by atoms with van der Waals surface area (Å²) in [5.74, 6) is 1.27. The fourth-order valence-corrected chi connectivity index (χ4v) is 2.32. The second-order valence-corrected chi connectivity index (χ2v) is 5.79. The smallest absolute Gasteiger partial charge is 0.238 e. The first kappa shape index (κ1) is 15.7. The van der Waals surface area contributed by atoms with Crippen LogP contribution in [0.3, 0.4) is 0 Å². The highest BCUT2D eigenvalue weighted by Crippen LogP contribution is 2.30. The van der Waals surface area contributed by atoms with Gasteiger partial charge >= 0.3 is 0 Å². The van der Waals surface area contributed by atoms with E-state index in [1.807, 2.05) is 26.0 Å². The van der Waals surface area contributed by atoms with Gasteiger partial charge in [-0.3, -0.25) is 4.98 Å². The van der Waals surface area contributed by atoms with Crippen LogP contribution in [0.4, 0.5) is 0 Å². The lowest BCUT2D eigenvalue weighted by Crippen LogP contribution is -2.22. The Morgan fingerprint density at radius 1 is 1.19 bits per heavy atom. The fourth-order valence-electron chi connectivity index (χ4n) is 1.99. The van der Waals surface area contributed by atoms with Crippen molar-refractivity contribution in [2.24, 2.45) is 0 Å². The Hall–Kier alpha value is -1.65. The molecule has 0 fully saturated rings. The minimum absolute atomic E-state index is 0.400. The van der Waals surface area contributed by atoms with Crippen LogP contribution < -0.4 is 10.1 Å². The van der Waals surface area contributed by atoms with Gasteiger partial charge in [-0.2, -0.15) is 0 Å². The molecule has 1 aromatic heterocycles. The maximum atomic E-state index is 6.03. The summed E-state index contributed by atoms with van der Waals surface area (Å²) in [6, 6.07) is 4.15. The van der Waals surface area contributed by atoms with Crippen molar-refractivity contribution in [1.29, 1.82) is 0 Å². The zero-order valence-corrected chi connectivity index (χ0v) is 13.5. The Balaban J connectivity index is 2.18. The molecule has 4 nitrogen and oxygen atoms in total. The van der Waals surface area contributed by atoms with E-state index in [1.165, 1.54) is 0 Å². The first-order chi connectivity index (χ1) is 9.95. The lowest BCUT2D eigenvalue weighted by Gasteiger charge is -2.12. The number of halogens is 1. The predicted octanol–water partition coefficient (Wildman–Crippen LogP) is 4.04. The average molecular weight is 306 g/mol. The van der Waals surface area contributed by atoms with Crippen molar-refractivity contribution in [2.75, 3.05) is 0 Å². The number of benzene rings is 1. The van der Waals surface area contributed by atoms with Crippen LogP contribution in [0.2, 0.25) is 5.02 Å². The molecule has 5 heteroatoms. The molecule has 0 atom stereocenters. The monoisotopic (exact) mass is 305 g/mol. The largest absolute Gasteiger partial charge is 0.437 e. The highest BCUT2D eigenvalue weighted by Gasteiger charge is 2.09. The number of aryl methyl sites for hydroxylation is 2. The van der Waals surface area contributed by atoms with Crippen LogP contribution in [-0.4, -0.2) is 16.0 Å². The third-order valence-electron chi connectivity index (χ3n) is 2.99. The van der Waals surface area contributed by atoms with Crippen LogP contribution >= 0.6 is 11.6 Å². The molecule has 0 saturated carbocycles. The van der Waals surface area contributed by atoms with Gasteiger partial charge in [0.25, 0.3) is 0 Å². The quantitative estimate of drug-likeness (QED) is 0.905. The fraction of sp³-hybridized carbons (Fsp3) is 0.375. The standard InChI is InChI=1S/C16H20ClN3O/c1-10(2)19-8-14-7-18-9-15(20-14)21-16-11(3)5-13(17)6-12(16)4/h5-7,9-10,19H,8H2,1-4H3. The Kier molecular flexibility index (Phi) is 5.15. The van der Waals surface area contributed by atoms with Crippen molar-refractivity contribution in [1.82, 2.24) is 15.3 Å². The molecule has 1 heterocycles. The number of aromatic nitrogens is 2. The third-order valence-corrected chi connectivity index (χ3v) is 3.20.